The fourth-order valence-electron chi connectivity index (χ4n) is 2.79. The Bertz CT molecular complexity index is 949. The number of furan rings is 2. The molecule has 0 bridgehead atoms. The number of hydrogen-bond donors (Lipinski definition) is 0. The molecule has 1 amide bonds. The minimum atomic E-state index is -0.673. The summed E-state index contributed by atoms with van der Waals surface area (Å²) in [6.07, 6.45) is 4.98. The number of hydrazone groups is 1. The monoisotopic (exact) mass is 365 g/mol. The van der Waals surface area contributed by atoms with Crippen LogP contribution in [0, 0.1) is 0 Å². The summed E-state index contributed by atoms with van der Waals surface area (Å²) in [6, 6.07) is 11.5. The van der Waals surface area contributed by atoms with Crippen molar-refractivity contribution in [1.82, 2.24) is 9.99 Å². The number of hydrogen-bond acceptors (Lipinski definition) is 7. The molecule has 136 valence electrons. The van der Waals surface area contributed by atoms with Gasteiger partial charge in [-0.25, -0.2) is 14.8 Å². The van der Waals surface area contributed by atoms with Gasteiger partial charge in [0.25, 0.3) is 5.91 Å². The number of ether oxygens (including phenoxy) is 1. The van der Waals surface area contributed by atoms with Crippen molar-refractivity contribution >= 4 is 17.6 Å². The van der Waals surface area contributed by atoms with Crippen molar-refractivity contribution in [3.8, 4) is 0 Å². The van der Waals surface area contributed by atoms with Crippen molar-refractivity contribution in [2.75, 3.05) is 6.61 Å². The first-order valence-corrected chi connectivity index (χ1v) is 8.27. The molecule has 0 N–H and O–H groups in total. The van der Waals surface area contributed by atoms with E-state index < -0.39 is 24.5 Å². The van der Waals surface area contributed by atoms with Crippen LogP contribution in [0.15, 0.2) is 75.1 Å². The SMILES string of the molecule is O=C(OCC(=O)N1N=C(c2ccco2)CC1c1ccco1)c1ccccn1. The van der Waals surface area contributed by atoms with Gasteiger partial charge in [0.1, 0.15) is 29.0 Å². The number of aromatic nitrogens is 1. The Morgan fingerprint density at radius 2 is 1.96 bits per heavy atom. The number of carbonyl (C=O) groups is 2. The Morgan fingerprint density at radius 3 is 2.67 bits per heavy atom. The van der Waals surface area contributed by atoms with E-state index in [2.05, 4.69) is 10.1 Å². The second-order valence-electron chi connectivity index (χ2n) is 5.79. The van der Waals surface area contributed by atoms with Gasteiger partial charge in [-0.1, -0.05) is 6.07 Å². The van der Waals surface area contributed by atoms with E-state index in [0.29, 0.717) is 23.7 Å². The lowest BCUT2D eigenvalue weighted by Crippen LogP contribution is -2.31. The molecule has 0 spiro atoms. The van der Waals surface area contributed by atoms with Gasteiger partial charge in [-0.2, -0.15) is 5.10 Å². The van der Waals surface area contributed by atoms with Crippen LogP contribution in [0.5, 0.6) is 0 Å². The molecule has 1 atom stereocenters. The largest absolute Gasteiger partial charge is 0.467 e. The highest BCUT2D eigenvalue weighted by molar-refractivity contribution is 6.01. The molecule has 0 radical (unpaired) electrons. The Balaban J connectivity index is 1.50. The van der Waals surface area contributed by atoms with Crippen LogP contribution in [-0.4, -0.2) is 34.2 Å². The maximum atomic E-state index is 12.7. The second kappa shape index (κ2) is 7.28. The van der Waals surface area contributed by atoms with Crippen molar-refractivity contribution in [2.45, 2.75) is 12.5 Å². The molecule has 1 unspecified atom stereocenters. The smallest absolute Gasteiger partial charge is 0.357 e. The van der Waals surface area contributed by atoms with Crippen LogP contribution in [0.25, 0.3) is 0 Å². The molecule has 1 aliphatic rings. The van der Waals surface area contributed by atoms with Gasteiger partial charge in [-0.3, -0.25) is 4.79 Å². The number of nitrogens with zero attached hydrogens (tertiary/aromatic N) is 3. The van der Waals surface area contributed by atoms with Crippen molar-refractivity contribution in [1.29, 1.82) is 0 Å². The molecule has 8 nitrogen and oxygen atoms in total. The van der Waals surface area contributed by atoms with E-state index in [0.717, 1.165) is 0 Å². The topological polar surface area (TPSA) is 98.1 Å². The molecule has 1 aliphatic heterocycles. The standard InChI is InChI=1S/C19H15N3O5/c23-18(12-27-19(24)13-5-1-2-8-20-13)22-15(17-7-4-10-26-17)11-14(21-22)16-6-3-9-25-16/h1-10,15H,11-12H2. The highest BCUT2D eigenvalue weighted by atomic mass is 16.5. The molecule has 0 aromatic carbocycles. The number of pyridine rings is 1. The molecule has 8 heteroatoms. The average Bonchev–Trinajstić information content (AvgIpc) is 3.46. The number of rotatable bonds is 5. The van der Waals surface area contributed by atoms with E-state index in [1.807, 2.05) is 0 Å². The maximum absolute atomic E-state index is 12.7. The summed E-state index contributed by atoms with van der Waals surface area (Å²) in [5, 5.41) is 5.62. The molecule has 3 aromatic rings. The highest BCUT2D eigenvalue weighted by Crippen LogP contribution is 2.33. The van der Waals surface area contributed by atoms with Crippen LogP contribution >= 0.6 is 0 Å². The van der Waals surface area contributed by atoms with Crippen molar-refractivity contribution in [3.63, 3.8) is 0 Å². The third-order valence-electron chi connectivity index (χ3n) is 4.04. The molecule has 0 aliphatic carbocycles. The number of carbonyl (C=O) groups excluding carboxylic acids is 2. The molecule has 0 saturated heterocycles. The van der Waals surface area contributed by atoms with Gasteiger partial charge in [0.05, 0.1) is 12.5 Å². The molecule has 4 heterocycles. The first-order chi connectivity index (χ1) is 13.2. The lowest BCUT2D eigenvalue weighted by molar-refractivity contribution is -0.136. The van der Waals surface area contributed by atoms with Crippen molar-refractivity contribution < 1.29 is 23.2 Å². The molecule has 0 saturated carbocycles. The van der Waals surface area contributed by atoms with Crippen molar-refractivity contribution in [2.24, 2.45) is 5.10 Å². The molecule has 4 rings (SSSR count). The van der Waals surface area contributed by atoms with Gasteiger partial charge in [0, 0.05) is 12.6 Å². The third-order valence-corrected chi connectivity index (χ3v) is 4.04. The zero-order valence-electron chi connectivity index (χ0n) is 14.1. The van der Waals surface area contributed by atoms with E-state index >= 15 is 0 Å². The quantitative estimate of drug-likeness (QED) is 0.645. The molecule has 27 heavy (non-hydrogen) atoms. The first-order valence-electron chi connectivity index (χ1n) is 8.27. The summed E-state index contributed by atoms with van der Waals surface area (Å²) in [6.45, 7) is -0.457. The Morgan fingerprint density at radius 1 is 1.11 bits per heavy atom. The van der Waals surface area contributed by atoms with Crippen LogP contribution in [-0.2, 0) is 9.53 Å². The first kappa shape index (κ1) is 16.8. The lowest BCUT2D eigenvalue weighted by atomic mass is 10.1. The van der Waals surface area contributed by atoms with Crippen LogP contribution in [0.3, 0.4) is 0 Å². The number of esters is 1. The van der Waals surface area contributed by atoms with E-state index in [9.17, 15) is 9.59 Å². The third kappa shape index (κ3) is 3.50. The van der Waals surface area contributed by atoms with Crippen LogP contribution in [0.1, 0.15) is 34.5 Å². The number of amides is 1. The summed E-state index contributed by atoms with van der Waals surface area (Å²) in [5.41, 5.74) is 0.750. The maximum Gasteiger partial charge on any atom is 0.357 e. The van der Waals surface area contributed by atoms with Gasteiger partial charge >= 0.3 is 5.97 Å². The lowest BCUT2D eigenvalue weighted by Gasteiger charge is -2.19. The van der Waals surface area contributed by atoms with Crippen LogP contribution < -0.4 is 0 Å². The summed E-state index contributed by atoms with van der Waals surface area (Å²) in [7, 11) is 0. The minimum absolute atomic E-state index is 0.133. The van der Waals surface area contributed by atoms with Gasteiger partial charge in [-0.05, 0) is 36.4 Å². The van der Waals surface area contributed by atoms with Gasteiger partial charge in [-0.15, -0.1) is 0 Å². The average molecular weight is 365 g/mol. The summed E-state index contributed by atoms with van der Waals surface area (Å²) in [5.74, 6) is 0.0206. The Hall–Kier alpha value is -3.68. The van der Waals surface area contributed by atoms with Crippen LogP contribution in [0.2, 0.25) is 0 Å². The summed E-state index contributed by atoms with van der Waals surface area (Å²) < 4.78 is 15.9. The van der Waals surface area contributed by atoms with E-state index in [4.69, 9.17) is 13.6 Å². The molecule has 3 aromatic heterocycles. The fourth-order valence-corrected chi connectivity index (χ4v) is 2.79. The van der Waals surface area contributed by atoms with Gasteiger partial charge in [0.15, 0.2) is 6.61 Å². The Kier molecular flexibility index (Phi) is 4.52. The van der Waals surface area contributed by atoms with Gasteiger partial charge in [0.2, 0.25) is 0 Å². The zero-order chi connectivity index (χ0) is 18.6. The van der Waals surface area contributed by atoms with Gasteiger partial charge < -0.3 is 13.6 Å². The second-order valence-corrected chi connectivity index (χ2v) is 5.79. The molecular formula is C19H15N3O5. The van der Waals surface area contributed by atoms with E-state index in [1.165, 1.54) is 23.5 Å². The highest BCUT2D eigenvalue weighted by Gasteiger charge is 2.36. The zero-order valence-corrected chi connectivity index (χ0v) is 14.1. The normalized spacial score (nSPS) is 16.2. The Labute approximate surface area is 154 Å². The molecule has 0 fully saturated rings. The van der Waals surface area contributed by atoms with E-state index in [-0.39, 0.29) is 5.69 Å². The predicted octanol–water partition coefficient (Wildman–Crippen LogP) is 2.80. The molecular weight excluding hydrogens is 350 g/mol. The van der Waals surface area contributed by atoms with Crippen molar-refractivity contribution in [3.05, 3.63) is 78.4 Å². The van der Waals surface area contributed by atoms with E-state index in [1.54, 1.807) is 42.7 Å². The summed E-state index contributed by atoms with van der Waals surface area (Å²) in [4.78, 5) is 28.6. The predicted molar refractivity (Wildman–Crippen MR) is 92.7 cm³/mol. The summed E-state index contributed by atoms with van der Waals surface area (Å²) >= 11 is 0. The van der Waals surface area contributed by atoms with Crippen LogP contribution in [0.4, 0.5) is 0 Å². The minimum Gasteiger partial charge on any atom is -0.467 e. The fraction of sp³-hybridized carbons (Fsp3) is 0.158.